The molecule has 0 bridgehead atoms. The Morgan fingerprint density at radius 1 is 1.43 bits per heavy atom. The highest BCUT2D eigenvalue weighted by Crippen LogP contribution is 2.19. The van der Waals surface area contributed by atoms with Gasteiger partial charge in [0, 0.05) is 11.6 Å². The highest BCUT2D eigenvalue weighted by Gasteiger charge is 2.13. The molecule has 0 heterocycles. The minimum atomic E-state index is -1.24. The number of halogens is 2. The Balaban J connectivity index is 3.25. The zero-order valence-corrected chi connectivity index (χ0v) is 7.42. The van der Waals surface area contributed by atoms with E-state index in [1.165, 1.54) is 13.0 Å². The minimum absolute atomic E-state index is 0.110. The van der Waals surface area contributed by atoms with Gasteiger partial charge in [0.25, 0.3) is 0 Å². The molecular weight excluding hydrogens is 190 g/mol. The van der Waals surface area contributed by atoms with Gasteiger partial charge in [0.05, 0.1) is 5.57 Å². The molecule has 0 aliphatic rings. The van der Waals surface area contributed by atoms with Crippen molar-refractivity contribution < 1.29 is 18.7 Å². The first kappa shape index (κ1) is 10.4. The van der Waals surface area contributed by atoms with E-state index in [1.807, 2.05) is 0 Å². The number of carboxylic acids is 1. The van der Waals surface area contributed by atoms with E-state index < -0.39 is 17.6 Å². The van der Waals surface area contributed by atoms with Gasteiger partial charge in [-0.25, -0.2) is 13.6 Å². The maximum Gasteiger partial charge on any atom is 0.336 e. The van der Waals surface area contributed by atoms with E-state index in [0.29, 0.717) is 6.07 Å². The van der Waals surface area contributed by atoms with Crippen LogP contribution < -0.4 is 0 Å². The van der Waals surface area contributed by atoms with Crippen LogP contribution in [-0.4, -0.2) is 11.1 Å². The van der Waals surface area contributed by atoms with Crippen LogP contribution >= 0.6 is 0 Å². The standard InChI is InChI=1S/C10H8F2O2/c1-2-7(10(13)14)8-4-3-6(11)5-9(8)12/h2-5H,1H3,(H,13,14)/b7-2-. The molecule has 0 unspecified atom stereocenters. The summed E-state index contributed by atoms with van der Waals surface area (Å²) in [5.74, 6) is -2.84. The normalized spacial score (nSPS) is 11.5. The zero-order chi connectivity index (χ0) is 10.7. The predicted octanol–water partition coefficient (Wildman–Crippen LogP) is 2.45. The molecule has 74 valence electrons. The fraction of sp³-hybridized carbons (Fsp3) is 0.100. The van der Waals surface area contributed by atoms with Crippen LogP contribution in [0.4, 0.5) is 8.78 Å². The van der Waals surface area contributed by atoms with Crippen molar-refractivity contribution in [2.24, 2.45) is 0 Å². The monoisotopic (exact) mass is 198 g/mol. The molecule has 1 N–H and O–H groups in total. The lowest BCUT2D eigenvalue weighted by Crippen LogP contribution is -2.01. The number of carbonyl (C=O) groups is 1. The van der Waals surface area contributed by atoms with Crippen LogP contribution in [0, 0.1) is 11.6 Å². The lowest BCUT2D eigenvalue weighted by molar-refractivity contribution is -0.130. The molecule has 0 aromatic heterocycles. The number of benzene rings is 1. The van der Waals surface area contributed by atoms with Gasteiger partial charge in [-0.1, -0.05) is 6.08 Å². The second-order valence-corrected chi connectivity index (χ2v) is 2.63. The average Bonchev–Trinajstić information content (AvgIpc) is 2.09. The molecule has 0 aliphatic heterocycles. The predicted molar refractivity (Wildman–Crippen MR) is 47.6 cm³/mol. The van der Waals surface area contributed by atoms with E-state index in [1.54, 1.807) is 0 Å². The summed E-state index contributed by atoms with van der Waals surface area (Å²) in [5, 5.41) is 8.69. The van der Waals surface area contributed by atoms with Crippen molar-refractivity contribution in [1.29, 1.82) is 0 Å². The summed E-state index contributed by atoms with van der Waals surface area (Å²) >= 11 is 0. The van der Waals surface area contributed by atoms with Crippen LogP contribution in [0.15, 0.2) is 24.3 Å². The maximum absolute atomic E-state index is 13.1. The van der Waals surface area contributed by atoms with Gasteiger partial charge in [0.15, 0.2) is 0 Å². The van der Waals surface area contributed by atoms with Gasteiger partial charge in [0.2, 0.25) is 0 Å². The number of allylic oxidation sites excluding steroid dienone is 1. The molecule has 0 spiro atoms. The molecule has 2 nitrogen and oxygen atoms in total. The Morgan fingerprint density at radius 3 is 2.50 bits per heavy atom. The van der Waals surface area contributed by atoms with Crippen LogP contribution in [-0.2, 0) is 4.79 Å². The van der Waals surface area contributed by atoms with Crippen molar-refractivity contribution in [3.63, 3.8) is 0 Å². The highest BCUT2D eigenvalue weighted by molar-refractivity contribution is 6.15. The van der Waals surface area contributed by atoms with Gasteiger partial charge in [0.1, 0.15) is 11.6 Å². The van der Waals surface area contributed by atoms with Gasteiger partial charge in [-0.15, -0.1) is 0 Å². The molecule has 0 saturated heterocycles. The SMILES string of the molecule is C/C=C(\C(=O)O)c1ccc(F)cc1F. The van der Waals surface area contributed by atoms with Crippen molar-refractivity contribution in [2.75, 3.05) is 0 Å². The first-order chi connectivity index (χ1) is 6.56. The number of rotatable bonds is 2. The van der Waals surface area contributed by atoms with Crippen LogP contribution in [0.5, 0.6) is 0 Å². The summed E-state index contributed by atoms with van der Waals surface area (Å²) < 4.78 is 25.6. The summed E-state index contributed by atoms with van der Waals surface area (Å²) in [6.45, 7) is 1.48. The Morgan fingerprint density at radius 2 is 2.07 bits per heavy atom. The van der Waals surface area contributed by atoms with E-state index in [0.717, 1.165) is 12.1 Å². The molecule has 0 aliphatic carbocycles. The fourth-order valence-corrected chi connectivity index (χ4v) is 1.10. The van der Waals surface area contributed by atoms with Gasteiger partial charge >= 0.3 is 5.97 Å². The van der Waals surface area contributed by atoms with E-state index in [2.05, 4.69) is 0 Å². The zero-order valence-electron chi connectivity index (χ0n) is 7.42. The number of hydrogen-bond acceptors (Lipinski definition) is 1. The van der Waals surface area contributed by atoms with E-state index in [4.69, 9.17) is 5.11 Å². The van der Waals surface area contributed by atoms with Crippen molar-refractivity contribution in [3.05, 3.63) is 41.5 Å². The molecule has 0 saturated carbocycles. The van der Waals surface area contributed by atoms with Crippen LogP contribution in [0.2, 0.25) is 0 Å². The summed E-state index contributed by atoms with van der Waals surface area (Å²) in [4.78, 5) is 10.6. The second-order valence-electron chi connectivity index (χ2n) is 2.63. The largest absolute Gasteiger partial charge is 0.478 e. The summed E-state index contributed by atoms with van der Waals surface area (Å²) in [7, 11) is 0. The van der Waals surface area contributed by atoms with E-state index in [-0.39, 0.29) is 11.1 Å². The molecule has 1 rings (SSSR count). The number of hydrogen-bond donors (Lipinski definition) is 1. The Hall–Kier alpha value is -1.71. The molecule has 4 heteroatoms. The lowest BCUT2D eigenvalue weighted by atomic mass is 10.1. The minimum Gasteiger partial charge on any atom is -0.478 e. The van der Waals surface area contributed by atoms with Gasteiger partial charge in [-0.2, -0.15) is 0 Å². The van der Waals surface area contributed by atoms with Crippen LogP contribution in [0.3, 0.4) is 0 Å². The second kappa shape index (κ2) is 4.00. The first-order valence-corrected chi connectivity index (χ1v) is 3.91. The summed E-state index contributed by atoms with van der Waals surface area (Å²) in [5.41, 5.74) is -0.288. The Kier molecular flexibility index (Phi) is 2.96. The quantitative estimate of drug-likeness (QED) is 0.741. The molecule has 1 aromatic rings. The fourth-order valence-electron chi connectivity index (χ4n) is 1.10. The smallest absolute Gasteiger partial charge is 0.336 e. The third kappa shape index (κ3) is 1.96. The van der Waals surface area contributed by atoms with Crippen LogP contribution in [0.1, 0.15) is 12.5 Å². The molecule has 0 fully saturated rings. The molecule has 0 radical (unpaired) electrons. The summed E-state index contributed by atoms with van der Waals surface area (Å²) in [6.07, 6.45) is 1.26. The highest BCUT2D eigenvalue weighted by atomic mass is 19.1. The molecular formula is C10H8F2O2. The first-order valence-electron chi connectivity index (χ1n) is 3.91. The maximum atomic E-state index is 13.1. The van der Waals surface area contributed by atoms with Gasteiger partial charge in [-0.3, -0.25) is 0 Å². The van der Waals surface area contributed by atoms with Gasteiger partial charge < -0.3 is 5.11 Å². The van der Waals surface area contributed by atoms with Crippen molar-refractivity contribution in [3.8, 4) is 0 Å². The Labute approximate surface area is 79.5 Å². The molecule has 0 atom stereocenters. The van der Waals surface area contributed by atoms with E-state index >= 15 is 0 Å². The molecule has 14 heavy (non-hydrogen) atoms. The molecule has 1 aromatic carbocycles. The van der Waals surface area contributed by atoms with Gasteiger partial charge in [-0.05, 0) is 19.1 Å². The van der Waals surface area contributed by atoms with E-state index in [9.17, 15) is 13.6 Å². The number of aliphatic carboxylic acids is 1. The Bertz CT molecular complexity index is 397. The van der Waals surface area contributed by atoms with Crippen molar-refractivity contribution in [2.45, 2.75) is 6.92 Å². The summed E-state index contributed by atoms with van der Waals surface area (Å²) in [6, 6.07) is 2.78. The lowest BCUT2D eigenvalue weighted by Gasteiger charge is -2.03. The topological polar surface area (TPSA) is 37.3 Å². The average molecular weight is 198 g/mol. The third-order valence-electron chi connectivity index (χ3n) is 1.74. The van der Waals surface area contributed by atoms with Crippen LogP contribution in [0.25, 0.3) is 5.57 Å². The number of carboxylic acid groups (broad SMARTS) is 1. The van der Waals surface area contributed by atoms with Crippen molar-refractivity contribution >= 4 is 11.5 Å². The third-order valence-corrected chi connectivity index (χ3v) is 1.74. The molecule has 0 amide bonds. The van der Waals surface area contributed by atoms with Crippen molar-refractivity contribution in [1.82, 2.24) is 0 Å².